The van der Waals surface area contributed by atoms with E-state index in [4.69, 9.17) is 4.42 Å². The number of nitrogens with one attached hydrogen (secondary N) is 1. The third kappa shape index (κ3) is 3.82. The van der Waals surface area contributed by atoms with Crippen LogP contribution in [-0.2, 0) is 0 Å². The van der Waals surface area contributed by atoms with E-state index >= 15 is 0 Å². The summed E-state index contributed by atoms with van der Waals surface area (Å²) in [6, 6.07) is 3.95. The van der Waals surface area contributed by atoms with E-state index in [1.54, 1.807) is 6.26 Å². The number of piperazine rings is 1. The minimum atomic E-state index is -0.670. The zero-order valence-electron chi connectivity index (χ0n) is 22.9. The molecule has 2 amide bonds. The average Bonchev–Trinajstić information content (AvgIpc) is 3.19. The Labute approximate surface area is 221 Å². The van der Waals surface area contributed by atoms with E-state index in [1.165, 1.54) is 6.07 Å². The van der Waals surface area contributed by atoms with Crippen molar-refractivity contribution in [3.05, 3.63) is 34.4 Å². The summed E-state index contributed by atoms with van der Waals surface area (Å²) in [5, 5.41) is 15.8. The van der Waals surface area contributed by atoms with Crippen LogP contribution >= 0.6 is 0 Å². The Kier molecular flexibility index (Phi) is 6.26. The molecule has 0 bridgehead atoms. The summed E-state index contributed by atoms with van der Waals surface area (Å²) in [5.74, 6) is 1.70. The molecule has 5 aliphatic rings. The van der Waals surface area contributed by atoms with Gasteiger partial charge in [-0.1, -0.05) is 13.8 Å². The van der Waals surface area contributed by atoms with E-state index < -0.39 is 5.60 Å². The Morgan fingerprint density at radius 2 is 1.84 bits per heavy atom. The number of carbonyl (C=O) groups excluding carboxylic acids is 1. The number of carbonyl (C=O) groups is 1. The maximum absolute atomic E-state index is 13.2. The first kappa shape index (κ1) is 25.4. The smallest absolute Gasteiger partial charge is 0.335 e. The lowest BCUT2D eigenvalue weighted by molar-refractivity contribution is -0.203. The highest BCUT2D eigenvalue weighted by Crippen LogP contribution is 2.70. The lowest BCUT2D eigenvalue weighted by Gasteiger charge is -2.64. The summed E-state index contributed by atoms with van der Waals surface area (Å²) >= 11 is 0. The molecule has 1 aromatic heterocycles. The maximum atomic E-state index is 13.2. The molecular weight excluding hydrogens is 466 g/mol. The third-order valence-corrected chi connectivity index (χ3v) is 12.2. The van der Waals surface area contributed by atoms with Gasteiger partial charge < -0.3 is 24.6 Å². The molecule has 204 valence electrons. The van der Waals surface area contributed by atoms with Crippen molar-refractivity contribution in [2.24, 2.45) is 28.6 Å². The van der Waals surface area contributed by atoms with Crippen LogP contribution in [0.2, 0.25) is 0 Å². The quantitative estimate of drug-likeness (QED) is 0.621. The molecule has 7 heteroatoms. The molecule has 0 radical (unpaired) electrons. The molecule has 5 fully saturated rings. The van der Waals surface area contributed by atoms with Crippen molar-refractivity contribution in [3.8, 4) is 0 Å². The minimum Gasteiger partial charge on any atom is -0.431 e. The second-order valence-electron chi connectivity index (χ2n) is 13.4. The monoisotopic (exact) mass is 511 g/mol. The molecule has 1 unspecified atom stereocenters. The molecule has 1 saturated heterocycles. The van der Waals surface area contributed by atoms with Crippen LogP contribution in [0.15, 0.2) is 27.6 Å². The van der Waals surface area contributed by atoms with Gasteiger partial charge in [0, 0.05) is 50.7 Å². The van der Waals surface area contributed by atoms with Crippen molar-refractivity contribution in [1.29, 1.82) is 0 Å². The van der Waals surface area contributed by atoms with Crippen molar-refractivity contribution >= 4 is 6.03 Å². The van der Waals surface area contributed by atoms with Gasteiger partial charge >= 0.3 is 11.7 Å². The minimum absolute atomic E-state index is 0.190. The largest absolute Gasteiger partial charge is 0.431 e. The SMILES string of the molecule is CN(C(=O)N1CCNCC1)C1CC[C@@]2(C)[C@H](CC[C@@H]3[C@@H]2CC[C@]2(C)[C@@H](c4ccc(=O)oc4)CC[C@]32O)C1. The topological polar surface area (TPSA) is 86.0 Å². The predicted molar refractivity (Wildman–Crippen MR) is 142 cm³/mol. The molecule has 7 nitrogen and oxygen atoms in total. The average molecular weight is 512 g/mol. The van der Waals surface area contributed by atoms with Crippen LogP contribution in [-0.4, -0.2) is 65.8 Å². The van der Waals surface area contributed by atoms with Gasteiger partial charge in [-0.3, -0.25) is 0 Å². The molecule has 37 heavy (non-hydrogen) atoms. The number of nitrogens with zero attached hydrogens (tertiary/aromatic N) is 2. The van der Waals surface area contributed by atoms with Crippen molar-refractivity contribution in [3.63, 3.8) is 0 Å². The molecule has 0 spiro atoms. The Hall–Kier alpha value is -1.86. The van der Waals surface area contributed by atoms with Gasteiger partial charge in [-0.15, -0.1) is 0 Å². The molecular formula is C30H45N3O4. The van der Waals surface area contributed by atoms with Crippen molar-refractivity contribution < 1.29 is 14.3 Å². The normalized spacial score (nSPS) is 43.5. The van der Waals surface area contributed by atoms with E-state index in [2.05, 4.69) is 19.2 Å². The predicted octanol–water partition coefficient (Wildman–Crippen LogP) is 4.21. The van der Waals surface area contributed by atoms with Gasteiger partial charge in [0.2, 0.25) is 0 Å². The maximum Gasteiger partial charge on any atom is 0.335 e. The van der Waals surface area contributed by atoms with E-state index in [9.17, 15) is 14.7 Å². The molecule has 6 rings (SSSR count). The molecule has 4 aliphatic carbocycles. The Bertz CT molecular complexity index is 1060. The number of fused-ring (bicyclic) bond motifs is 5. The van der Waals surface area contributed by atoms with Crippen molar-refractivity contribution in [2.45, 2.75) is 89.2 Å². The van der Waals surface area contributed by atoms with E-state index in [0.717, 1.165) is 89.5 Å². The molecule has 4 saturated carbocycles. The van der Waals surface area contributed by atoms with Crippen LogP contribution in [0, 0.1) is 28.6 Å². The Morgan fingerprint density at radius 1 is 1.05 bits per heavy atom. The van der Waals surface area contributed by atoms with Crippen LogP contribution in [0.3, 0.4) is 0 Å². The zero-order chi connectivity index (χ0) is 26.0. The number of urea groups is 1. The van der Waals surface area contributed by atoms with Gasteiger partial charge in [0.05, 0.1) is 11.9 Å². The summed E-state index contributed by atoms with van der Waals surface area (Å²) in [6.45, 7) is 8.18. The standard InChI is InChI=1S/C30H45N3O4/c1-28-11-8-22(32(3)27(35)33-16-14-31-15-17-33)18-21(28)5-6-25-24(28)9-12-29(2)23(10-13-30(25,29)36)20-4-7-26(34)37-19-20/h4,7,19,21-25,31,36H,5-6,8-18H2,1-3H3/t21-,22?,23-,24+,25-,28+,29-,30+/m1/s1. The van der Waals surface area contributed by atoms with Crippen LogP contribution in [0.1, 0.15) is 83.1 Å². The Balaban J connectivity index is 1.19. The molecule has 1 aromatic rings. The van der Waals surface area contributed by atoms with E-state index in [1.807, 2.05) is 22.9 Å². The second kappa shape index (κ2) is 9.11. The summed E-state index contributed by atoms with van der Waals surface area (Å²) in [4.78, 5) is 28.8. The highest BCUT2D eigenvalue weighted by atomic mass is 16.4. The van der Waals surface area contributed by atoms with Gasteiger partial charge in [0.1, 0.15) is 0 Å². The van der Waals surface area contributed by atoms with Crippen LogP contribution < -0.4 is 10.9 Å². The number of amides is 2. The number of hydrogen-bond donors (Lipinski definition) is 2. The first-order chi connectivity index (χ1) is 17.7. The van der Waals surface area contributed by atoms with E-state index in [0.29, 0.717) is 23.8 Å². The van der Waals surface area contributed by atoms with E-state index in [-0.39, 0.29) is 28.4 Å². The lowest BCUT2D eigenvalue weighted by atomic mass is 9.43. The molecule has 8 atom stereocenters. The van der Waals surface area contributed by atoms with Crippen LogP contribution in [0.25, 0.3) is 0 Å². The molecule has 0 aromatic carbocycles. The number of rotatable bonds is 2. The first-order valence-electron chi connectivity index (χ1n) is 14.7. The summed E-state index contributed by atoms with van der Waals surface area (Å²) in [7, 11) is 2.02. The van der Waals surface area contributed by atoms with Gasteiger partial charge in [-0.25, -0.2) is 9.59 Å². The summed E-state index contributed by atoms with van der Waals surface area (Å²) < 4.78 is 5.24. The van der Waals surface area contributed by atoms with Crippen molar-refractivity contribution in [1.82, 2.24) is 15.1 Å². The number of hydrogen-bond acceptors (Lipinski definition) is 5. The summed E-state index contributed by atoms with van der Waals surface area (Å²) in [5.41, 5.74) is 0.121. The fourth-order valence-corrected chi connectivity index (χ4v) is 9.89. The van der Waals surface area contributed by atoms with Crippen LogP contribution in [0.5, 0.6) is 0 Å². The third-order valence-electron chi connectivity index (χ3n) is 12.2. The van der Waals surface area contributed by atoms with Gasteiger partial charge in [0.25, 0.3) is 0 Å². The highest BCUT2D eigenvalue weighted by Gasteiger charge is 2.67. The molecule has 2 N–H and O–H groups in total. The van der Waals surface area contributed by atoms with Crippen molar-refractivity contribution in [2.75, 3.05) is 33.2 Å². The zero-order valence-corrected chi connectivity index (χ0v) is 22.9. The van der Waals surface area contributed by atoms with Gasteiger partial charge in [-0.05, 0) is 98.5 Å². The Morgan fingerprint density at radius 3 is 2.57 bits per heavy atom. The first-order valence-corrected chi connectivity index (χ1v) is 14.7. The molecule has 1 aliphatic heterocycles. The highest BCUT2D eigenvalue weighted by molar-refractivity contribution is 5.74. The fraction of sp³-hybridized carbons (Fsp3) is 0.800. The second-order valence-corrected chi connectivity index (χ2v) is 13.4. The van der Waals surface area contributed by atoms with Gasteiger partial charge in [0.15, 0.2) is 0 Å². The number of aliphatic hydroxyl groups is 1. The fourth-order valence-electron chi connectivity index (χ4n) is 9.89. The summed E-state index contributed by atoms with van der Waals surface area (Å²) in [6.07, 6.45) is 11.1. The van der Waals surface area contributed by atoms with Gasteiger partial charge in [-0.2, -0.15) is 0 Å². The molecule has 2 heterocycles. The van der Waals surface area contributed by atoms with Crippen LogP contribution in [0.4, 0.5) is 4.79 Å². The lowest BCUT2D eigenvalue weighted by Crippen LogP contribution is -2.62.